The van der Waals surface area contributed by atoms with Crippen LogP contribution in [0.4, 0.5) is 5.82 Å². The van der Waals surface area contributed by atoms with Crippen molar-refractivity contribution in [3.8, 4) is 0 Å². The van der Waals surface area contributed by atoms with Crippen molar-refractivity contribution in [1.29, 1.82) is 0 Å². The maximum absolute atomic E-state index is 11.7. The van der Waals surface area contributed by atoms with Crippen LogP contribution < -0.4 is 11.1 Å². The Hall–Kier alpha value is -2.44. The highest BCUT2D eigenvalue weighted by Gasteiger charge is 2.07. The van der Waals surface area contributed by atoms with E-state index in [0.717, 1.165) is 0 Å². The molecule has 0 spiro atoms. The van der Waals surface area contributed by atoms with Crippen LogP contribution in [0.5, 0.6) is 0 Å². The van der Waals surface area contributed by atoms with E-state index < -0.39 is 0 Å². The summed E-state index contributed by atoms with van der Waals surface area (Å²) in [6, 6.07) is 3.12. The molecular weight excluding hydrogens is 234 g/mol. The fourth-order valence-corrected chi connectivity index (χ4v) is 1.42. The summed E-state index contributed by atoms with van der Waals surface area (Å²) >= 11 is 0. The van der Waals surface area contributed by atoms with Crippen LogP contribution in [0.15, 0.2) is 22.9 Å². The third-order valence-electron chi connectivity index (χ3n) is 2.25. The standard InChI is InChI=1S/C11H13N5O2/c1-7-15-10(16-18-7)3-5-14-11(17)8-2-4-13-9(12)6-8/h2,4,6H,3,5H2,1H3,(H2,12,13)(H,14,17). The van der Waals surface area contributed by atoms with E-state index in [9.17, 15) is 4.79 Å². The summed E-state index contributed by atoms with van der Waals surface area (Å²) in [6.45, 7) is 2.15. The number of nitrogen functional groups attached to an aromatic ring is 1. The monoisotopic (exact) mass is 247 g/mol. The molecule has 7 heteroatoms. The third-order valence-corrected chi connectivity index (χ3v) is 2.25. The van der Waals surface area contributed by atoms with E-state index in [1.165, 1.54) is 12.3 Å². The van der Waals surface area contributed by atoms with Crippen molar-refractivity contribution in [2.45, 2.75) is 13.3 Å². The number of aromatic nitrogens is 3. The van der Waals surface area contributed by atoms with Gasteiger partial charge in [0.05, 0.1) is 0 Å². The van der Waals surface area contributed by atoms with Crippen LogP contribution in [-0.4, -0.2) is 27.6 Å². The Morgan fingerprint density at radius 2 is 2.39 bits per heavy atom. The lowest BCUT2D eigenvalue weighted by atomic mass is 10.2. The van der Waals surface area contributed by atoms with Crippen LogP contribution in [0.1, 0.15) is 22.1 Å². The van der Waals surface area contributed by atoms with E-state index >= 15 is 0 Å². The lowest BCUT2D eigenvalue weighted by Gasteiger charge is -2.03. The van der Waals surface area contributed by atoms with E-state index in [1.54, 1.807) is 13.0 Å². The van der Waals surface area contributed by atoms with Crippen molar-refractivity contribution in [1.82, 2.24) is 20.4 Å². The normalized spacial score (nSPS) is 10.3. The number of hydrogen-bond acceptors (Lipinski definition) is 6. The zero-order chi connectivity index (χ0) is 13.0. The van der Waals surface area contributed by atoms with Crippen LogP contribution in [0.2, 0.25) is 0 Å². The first kappa shape index (κ1) is 12.0. The number of rotatable bonds is 4. The highest BCUT2D eigenvalue weighted by molar-refractivity contribution is 5.94. The second kappa shape index (κ2) is 5.26. The molecule has 0 aliphatic heterocycles. The predicted octanol–water partition coefficient (Wildman–Crippen LogP) is 0.328. The minimum absolute atomic E-state index is 0.204. The summed E-state index contributed by atoms with van der Waals surface area (Å²) in [5.74, 6) is 1.20. The predicted molar refractivity (Wildman–Crippen MR) is 63.7 cm³/mol. The molecule has 2 aromatic heterocycles. The Morgan fingerprint density at radius 3 is 3.06 bits per heavy atom. The summed E-state index contributed by atoms with van der Waals surface area (Å²) < 4.78 is 4.82. The van der Waals surface area contributed by atoms with E-state index in [0.29, 0.717) is 36.1 Å². The average Bonchev–Trinajstić information content (AvgIpc) is 2.75. The van der Waals surface area contributed by atoms with E-state index in [1.807, 2.05) is 0 Å². The lowest BCUT2D eigenvalue weighted by Crippen LogP contribution is -2.26. The van der Waals surface area contributed by atoms with Crippen LogP contribution in [0, 0.1) is 6.92 Å². The molecule has 1 amide bonds. The minimum atomic E-state index is -0.204. The zero-order valence-electron chi connectivity index (χ0n) is 9.88. The first-order valence-corrected chi connectivity index (χ1v) is 5.44. The lowest BCUT2D eigenvalue weighted by molar-refractivity contribution is 0.0954. The second-order valence-corrected chi connectivity index (χ2v) is 3.70. The van der Waals surface area contributed by atoms with Crippen LogP contribution >= 0.6 is 0 Å². The van der Waals surface area contributed by atoms with Crippen LogP contribution in [0.3, 0.4) is 0 Å². The number of nitrogens with two attached hydrogens (primary N) is 1. The summed E-state index contributed by atoms with van der Waals surface area (Å²) in [7, 11) is 0. The molecule has 0 bridgehead atoms. The Bertz CT molecular complexity index is 552. The molecule has 0 atom stereocenters. The maximum atomic E-state index is 11.7. The number of aryl methyl sites for hydroxylation is 1. The van der Waals surface area contributed by atoms with Gasteiger partial charge in [0.1, 0.15) is 5.82 Å². The molecule has 2 rings (SSSR count). The van der Waals surface area contributed by atoms with E-state index in [4.69, 9.17) is 10.3 Å². The van der Waals surface area contributed by atoms with Gasteiger partial charge < -0.3 is 15.6 Å². The SMILES string of the molecule is Cc1nc(CCNC(=O)c2ccnc(N)c2)no1. The largest absolute Gasteiger partial charge is 0.384 e. The number of anilines is 1. The van der Waals surface area contributed by atoms with Gasteiger partial charge in [0.25, 0.3) is 5.91 Å². The van der Waals surface area contributed by atoms with Crippen LogP contribution in [0.25, 0.3) is 0 Å². The first-order valence-electron chi connectivity index (χ1n) is 5.44. The van der Waals surface area contributed by atoms with Crippen molar-refractivity contribution in [3.63, 3.8) is 0 Å². The Kier molecular flexibility index (Phi) is 3.52. The molecule has 7 nitrogen and oxygen atoms in total. The maximum Gasteiger partial charge on any atom is 0.251 e. The number of hydrogen-bond donors (Lipinski definition) is 2. The van der Waals surface area contributed by atoms with Gasteiger partial charge >= 0.3 is 0 Å². The second-order valence-electron chi connectivity index (χ2n) is 3.70. The molecule has 0 aliphatic rings. The Balaban J connectivity index is 1.85. The summed E-state index contributed by atoms with van der Waals surface area (Å²) in [6.07, 6.45) is 2.01. The number of nitrogens with zero attached hydrogens (tertiary/aromatic N) is 3. The molecular formula is C11H13N5O2. The zero-order valence-corrected chi connectivity index (χ0v) is 9.88. The van der Waals surface area contributed by atoms with Gasteiger partial charge in [-0.2, -0.15) is 4.98 Å². The Morgan fingerprint density at radius 1 is 1.56 bits per heavy atom. The van der Waals surface area contributed by atoms with Gasteiger partial charge in [0.2, 0.25) is 5.89 Å². The van der Waals surface area contributed by atoms with E-state index in [-0.39, 0.29) is 5.91 Å². The van der Waals surface area contributed by atoms with Gasteiger partial charge in [-0.3, -0.25) is 4.79 Å². The number of nitrogens with one attached hydrogen (secondary N) is 1. The van der Waals surface area contributed by atoms with Gasteiger partial charge in [-0.15, -0.1) is 0 Å². The smallest absolute Gasteiger partial charge is 0.251 e. The Labute approximate surface area is 103 Å². The minimum Gasteiger partial charge on any atom is -0.384 e. The summed E-state index contributed by atoms with van der Waals surface area (Å²) in [5, 5.41) is 6.47. The molecule has 0 aliphatic carbocycles. The molecule has 2 aromatic rings. The van der Waals surface area contributed by atoms with Gasteiger partial charge in [-0.05, 0) is 12.1 Å². The first-order chi connectivity index (χ1) is 8.65. The molecule has 2 heterocycles. The fourth-order valence-electron chi connectivity index (χ4n) is 1.42. The number of pyridine rings is 1. The average molecular weight is 247 g/mol. The quantitative estimate of drug-likeness (QED) is 0.806. The van der Waals surface area contributed by atoms with Crippen LogP contribution in [-0.2, 0) is 6.42 Å². The molecule has 0 saturated carbocycles. The molecule has 0 fully saturated rings. The van der Waals surface area contributed by atoms with Crippen molar-refractivity contribution in [3.05, 3.63) is 35.6 Å². The molecule has 0 saturated heterocycles. The topological polar surface area (TPSA) is 107 Å². The molecule has 0 unspecified atom stereocenters. The van der Waals surface area contributed by atoms with Crippen molar-refractivity contribution >= 4 is 11.7 Å². The molecule has 18 heavy (non-hydrogen) atoms. The van der Waals surface area contributed by atoms with E-state index in [2.05, 4.69) is 20.4 Å². The van der Waals surface area contributed by atoms with Gasteiger partial charge in [0, 0.05) is 31.6 Å². The van der Waals surface area contributed by atoms with Crippen molar-refractivity contribution in [2.75, 3.05) is 12.3 Å². The molecule has 0 radical (unpaired) electrons. The molecule has 3 N–H and O–H groups in total. The fraction of sp³-hybridized carbons (Fsp3) is 0.273. The number of amides is 1. The third kappa shape index (κ3) is 3.03. The van der Waals surface area contributed by atoms with Crippen molar-refractivity contribution < 1.29 is 9.32 Å². The van der Waals surface area contributed by atoms with Gasteiger partial charge in [-0.25, -0.2) is 4.98 Å². The highest BCUT2D eigenvalue weighted by atomic mass is 16.5. The van der Waals surface area contributed by atoms with Crippen molar-refractivity contribution in [2.24, 2.45) is 0 Å². The summed E-state index contributed by atoms with van der Waals surface area (Å²) in [4.78, 5) is 19.6. The highest BCUT2D eigenvalue weighted by Crippen LogP contribution is 2.02. The number of carbonyl (C=O) groups is 1. The molecule has 0 aromatic carbocycles. The molecule has 94 valence electrons. The van der Waals surface area contributed by atoms with Gasteiger partial charge in [-0.1, -0.05) is 5.16 Å². The summed E-state index contributed by atoms with van der Waals surface area (Å²) in [5.41, 5.74) is 5.97. The number of carbonyl (C=O) groups excluding carboxylic acids is 1. The van der Waals surface area contributed by atoms with Gasteiger partial charge in [0.15, 0.2) is 5.82 Å².